The van der Waals surface area contributed by atoms with Crippen molar-refractivity contribution in [3.8, 4) is 11.5 Å². The van der Waals surface area contributed by atoms with Gasteiger partial charge in [-0.05, 0) is 39.0 Å². The topological polar surface area (TPSA) is 59.8 Å². The fourth-order valence-corrected chi connectivity index (χ4v) is 3.43. The number of carbonyl (C=O) groups excluding carboxylic acids is 1. The minimum absolute atomic E-state index is 0.0501. The number of aromatic nitrogens is 2. The van der Waals surface area contributed by atoms with Crippen molar-refractivity contribution in [2.24, 2.45) is 0 Å². The van der Waals surface area contributed by atoms with Crippen LogP contribution in [0.15, 0.2) is 30.6 Å². The van der Waals surface area contributed by atoms with Gasteiger partial charge >= 0.3 is 0 Å². The minimum atomic E-state index is 0.0501. The number of aryl methyl sites for hydroxylation is 1. The Hall–Kier alpha value is -2.54. The first kappa shape index (κ1) is 20.2. The molecule has 152 valence electrons. The van der Waals surface area contributed by atoms with Gasteiger partial charge in [-0.15, -0.1) is 0 Å². The molecule has 0 unspecified atom stereocenters. The lowest BCUT2D eigenvalue weighted by molar-refractivity contribution is 0.0632. The third kappa shape index (κ3) is 4.84. The van der Waals surface area contributed by atoms with Crippen molar-refractivity contribution in [3.63, 3.8) is 0 Å². The third-order valence-corrected chi connectivity index (χ3v) is 5.03. The number of benzene rings is 1. The van der Waals surface area contributed by atoms with E-state index in [-0.39, 0.29) is 5.91 Å². The summed E-state index contributed by atoms with van der Waals surface area (Å²) in [5.74, 6) is 2.40. The van der Waals surface area contributed by atoms with E-state index in [9.17, 15) is 4.79 Å². The number of imidazole rings is 1. The van der Waals surface area contributed by atoms with Crippen LogP contribution in [0.3, 0.4) is 0 Å². The first-order valence-corrected chi connectivity index (χ1v) is 10.0. The van der Waals surface area contributed by atoms with Crippen molar-refractivity contribution >= 4 is 5.91 Å². The standard InChI is InChI=1S/C21H30N4O3/c1-4-27-19-7-6-18(16-20(19)28-5-2)21(26)25-14-11-23(12-15-25)10-13-24-9-8-22-17(24)3/h6-9,16H,4-5,10-15H2,1-3H3. The molecule has 0 atom stereocenters. The number of ether oxygens (including phenoxy) is 2. The molecule has 7 heteroatoms. The van der Waals surface area contributed by atoms with E-state index in [1.807, 2.05) is 50.2 Å². The Bertz CT molecular complexity index is 782. The molecule has 0 saturated carbocycles. The first-order chi connectivity index (χ1) is 13.6. The normalized spacial score (nSPS) is 14.9. The number of piperazine rings is 1. The molecule has 3 rings (SSSR count). The highest BCUT2D eigenvalue weighted by molar-refractivity contribution is 5.95. The molecule has 2 aromatic rings. The SMILES string of the molecule is CCOc1ccc(C(=O)N2CCN(CCn3ccnc3C)CC2)cc1OCC. The number of nitrogens with zero attached hydrogens (tertiary/aromatic N) is 4. The van der Waals surface area contributed by atoms with Gasteiger partial charge in [0.1, 0.15) is 5.82 Å². The summed E-state index contributed by atoms with van der Waals surface area (Å²) in [5, 5.41) is 0. The minimum Gasteiger partial charge on any atom is -0.490 e. The van der Waals surface area contributed by atoms with Gasteiger partial charge in [0.15, 0.2) is 11.5 Å². The van der Waals surface area contributed by atoms with Crippen LogP contribution >= 0.6 is 0 Å². The Morgan fingerprint density at radius 3 is 2.39 bits per heavy atom. The Balaban J connectivity index is 1.55. The number of carbonyl (C=O) groups is 1. The molecule has 1 aromatic carbocycles. The third-order valence-electron chi connectivity index (χ3n) is 5.03. The van der Waals surface area contributed by atoms with Crippen LogP contribution in [0.25, 0.3) is 0 Å². The monoisotopic (exact) mass is 386 g/mol. The molecule has 2 heterocycles. The van der Waals surface area contributed by atoms with Gasteiger partial charge in [-0.25, -0.2) is 4.98 Å². The highest BCUT2D eigenvalue weighted by atomic mass is 16.5. The predicted octanol–water partition coefficient (Wildman–Crippen LogP) is 2.45. The van der Waals surface area contributed by atoms with E-state index >= 15 is 0 Å². The Morgan fingerprint density at radius 1 is 1.04 bits per heavy atom. The van der Waals surface area contributed by atoms with Crippen LogP contribution in [-0.2, 0) is 6.54 Å². The van der Waals surface area contributed by atoms with Crippen molar-refractivity contribution in [1.82, 2.24) is 19.4 Å². The zero-order chi connectivity index (χ0) is 19.9. The zero-order valence-corrected chi connectivity index (χ0v) is 17.1. The van der Waals surface area contributed by atoms with Crippen LogP contribution in [0.2, 0.25) is 0 Å². The highest BCUT2D eigenvalue weighted by Crippen LogP contribution is 2.29. The van der Waals surface area contributed by atoms with Gasteiger partial charge in [0.05, 0.1) is 13.2 Å². The lowest BCUT2D eigenvalue weighted by Gasteiger charge is -2.35. The highest BCUT2D eigenvalue weighted by Gasteiger charge is 2.23. The van der Waals surface area contributed by atoms with Crippen LogP contribution < -0.4 is 9.47 Å². The Labute approximate surface area is 166 Å². The molecular formula is C21H30N4O3. The van der Waals surface area contributed by atoms with E-state index in [2.05, 4.69) is 14.5 Å². The molecule has 1 aliphatic rings. The summed E-state index contributed by atoms with van der Waals surface area (Å²) < 4.78 is 13.4. The van der Waals surface area contributed by atoms with Gasteiger partial charge in [0.25, 0.3) is 5.91 Å². The van der Waals surface area contributed by atoms with Crippen molar-refractivity contribution in [2.45, 2.75) is 27.3 Å². The van der Waals surface area contributed by atoms with Crippen LogP contribution in [0.5, 0.6) is 11.5 Å². The molecule has 1 aromatic heterocycles. The number of hydrogen-bond donors (Lipinski definition) is 0. The molecule has 7 nitrogen and oxygen atoms in total. The van der Waals surface area contributed by atoms with Gasteiger partial charge in [0, 0.05) is 57.2 Å². The molecule has 1 amide bonds. The lowest BCUT2D eigenvalue weighted by Crippen LogP contribution is -2.49. The molecule has 28 heavy (non-hydrogen) atoms. The van der Waals surface area contributed by atoms with Crippen molar-refractivity contribution in [2.75, 3.05) is 45.9 Å². The van der Waals surface area contributed by atoms with Crippen LogP contribution in [0.4, 0.5) is 0 Å². The average Bonchev–Trinajstić information content (AvgIpc) is 3.13. The summed E-state index contributed by atoms with van der Waals surface area (Å²) in [5.41, 5.74) is 0.648. The summed E-state index contributed by atoms with van der Waals surface area (Å²) in [7, 11) is 0. The molecule has 1 fully saturated rings. The second-order valence-corrected chi connectivity index (χ2v) is 6.83. The fraction of sp³-hybridized carbons (Fsp3) is 0.524. The molecule has 0 aliphatic carbocycles. The van der Waals surface area contributed by atoms with Crippen LogP contribution in [-0.4, -0.2) is 71.2 Å². The van der Waals surface area contributed by atoms with E-state index < -0.39 is 0 Å². The van der Waals surface area contributed by atoms with Crippen LogP contribution in [0, 0.1) is 6.92 Å². The maximum absolute atomic E-state index is 12.9. The van der Waals surface area contributed by atoms with Crippen molar-refractivity contribution in [1.29, 1.82) is 0 Å². The fourth-order valence-electron chi connectivity index (χ4n) is 3.43. The van der Waals surface area contributed by atoms with Gasteiger partial charge in [-0.2, -0.15) is 0 Å². The van der Waals surface area contributed by atoms with Crippen LogP contribution in [0.1, 0.15) is 30.0 Å². The lowest BCUT2D eigenvalue weighted by atomic mass is 10.1. The summed E-state index contributed by atoms with van der Waals surface area (Å²) in [6.45, 7) is 12.1. The van der Waals surface area contributed by atoms with E-state index in [0.717, 1.165) is 45.1 Å². The molecule has 0 N–H and O–H groups in total. The van der Waals surface area contributed by atoms with E-state index in [4.69, 9.17) is 9.47 Å². The van der Waals surface area contributed by atoms with Gasteiger partial charge < -0.3 is 18.9 Å². The van der Waals surface area contributed by atoms with Gasteiger partial charge in [0.2, 0.25) is 0 Å². The number of hydrogen-bond acceptors (Lipinski definition) is 5. The quantitative estimate of drug-likeness (QED) is 0.697. The summed E-state index contributed by atoms with van der Waals surface area (Å²) >= 11 is 0. The van der Waals surface area contributed by atoms with E-state index in [1.165, 1.54) is 0 Å². The maximum Gasteiger partial charge on any atom is 0.254 e. The molecule has 0 bridgehead atoms. The van der Waals surface area contributed by atoms with Gasteiger partial charge in [-0.1, -0.05) is 0 Å². The van der Waals surface area contributed by atoms with Crippen molar-refractivity contribution in [3.05, 3.63) is 42.0 Å². The zero-order valence-electron chi connectivity index (χ0n) is 17.1. The second-order valence-electron chi connectivity index (χ2n) is 6.83. The smallest absolute Gasteiger partial charge is 0.254 e. The van der Waals surface area contributed by atoms with E-state index in [0.29, 0.717) is 30.3 Å². The number of rotatable bonds is 8. The summed E-state index contributed by atoms with van der Waals surface area (Å²) in [4.78, 5) is 21.5. The molecular weight excluding hydrogens is 356 g/mol. The first-order valence-electron chi connectivity index (χ1n) is 10.0. The molecule has 0 radical (unpaired) electrons. The largest absolute Gasteiger partial charge is 0.490 e. The second kappa shape index (κ2) is 9.59. The van der Waals surface area contributed by atoms with E-state index in [1.54, 1.807) is 6.07 Å². The molecule has 0 spiro atoms. The Morgan fingerprint density at radius 2 is 1.75 bits per heavy atom. The molecule has 1 saturated heterocycles. The Kier molecular flexibility index (Phi) is 6.92. The number of amides is 1. The summed E-state index contributed by atoms with van der Waals surface area (Å²) in [6.07, 6.45) is 3.84. The summed E-state index contributed by atoms with van der Waals surface area (Å²) in [6, 6.07) is 5.44. The maximum atomic E-state index is 12.9. The van der Waals surface area contributed by atoms with Crippen molar-refractivity contribution < 1.29 is 14.3 Å². The molecule has 1 aliphatic heterocycles. The predicted molar refractivity (Wildman–Crippen MR) is 108 cm³/mol. The average molecular weight is 386 g/mol. The van der Waals surface area contributed by atoms with Gasteiger partial charge in [-0.3, -0.25) is 9.69 Å².